The first kappa shape index (κ1) is 32.5. The summed E-state index contributed by atoms with van der Waals surface area (Å²) >= 11 is 0. The van der Waals surface area contributed by atoms with Crippen molar-refractivity contribution in [2.75, 3.05) is 87.1 Å². The van der Waals surface area contributed by atoms with Gasteiger partial charge >= 0.3 is 6.03 Å². The quantitative estimate of drug-likeness (QED) is 0.330. The van der Waals surface area contributed by atoms with Crippen LogP contribution >= 0.6 is 0 Å². The van der Waals surface area contributed by atoms with Crippen LogP contribution in [0.25, 0.3) is 11.3 Å². The van der Waals surface area contributed by atoms with Gasteiger partial charge in [0.2, 0.25) is 11.8 Å². The van der Waals surface area contributed by atoms with Crippen LogP contribution in [0.4, 0.5) is 22.0 Å². The SMILES string of the molecule is O=C1CCC(N2Cc3ccc(N4CC(CN5CCN(C(=O)N6CCN7c8cc(-c9ccccc9O)nnc8NCC7C6)CC5)C4)cc3C2=O)C(=O)N1. The van der Waals surface area contributed by atoms with E-state index in [1.54, 1.807) is 17.0 Å². The fraction of sp³-hybridized carbons (Fsp3) is 0.459. The van der Waals surface area contributed by atoms with E-state index >= 15 is 0 Å². The number of hydrogen-bond acceptors (Lipinski definition) is 11. The van der Waals surface area contributed by atoms with Crippen LogP contribution in [0.3, 0.4) is 0 Å². The molecule has 6 aliphatic rings. The number of piperidine rings is 1. The van der Waals surface area contributed by atoms with Crippen LogP contribution in [0, 0.1) is 5.92 Å². The molecule has 7 heterocycles. The van der Waals surface area contributed by atoms with E-state index in [0.29, 0.717) is 75.0 Å². The number of hydrogen-bond donors (Lipinski definition) is 3. The number of benzene rings is 2. The molecule has 15 heteroatoms. The molecule has 3 N–H and O–H groups in total. The van der Waals surface area contributed by atoms with Crippen LogP contribution in [0.1, 0.15) is 28.8 Å². The fourth-order valence-corrected chi connectivity index (χ4v) is 8.61. The van der Waals surface area contributed by atoms with Crippen molar-refractivity contribution in [3.05, 3.63) is 59.7 Å². The number of carbonyl (C=O) groups excluding carboxylic acids is 4. The summed E-state index contributed by atoms with van der Waals surface area (Å²) < 4.78 is 0. The number of aromatic hydroxyl groups is 1. The van der Waals surface area contributed by atoms with Crippen LogP contribution in [0.2, 0.25) is 0 Å². The molecule has 2 aromatic carbocycles. The highest BCUT2D eigenvalue weighted by molar-refractivity contribution is 6.05. The monoisotopic (exact) mass is 706 g/mol. The first-order chi connectivity index (χ1) is 25.3. The van der Waals surface area contributed by atoms with E-state index in [1.807, 2.05) is 40.1 Å². The second-order valence-corrected chi connectivity index (χ2v) is 14.7. The molecule has 52 heavy (non-hydrogen) atoms. The van der Waals surface area contributed by atoms with Gasteiger partial charge in [0.05, 0.1) is 17.4 Å². The lowest BCUT2D eigenvalue weighted by Gasteiger charge is -2.48. The minimum absolute atomic E-state index is 0.102. The van der Waals surface area contributed by atoms with Crippen molar-refractivity contribution in [2.24, 2.45) is 5.92 Å². The van der Waals surface area contributed by atoms with Crippen molar-refractivity contribution in [1.82, 2.24) is 35.1 Å². The Morgan fingerprint density at radius 3 is 2.48 bits per heavy atom. The third kappa shape index (κ3) is 5.82. The van der Waals surface area contributed by atoms with Gasteiger partial charge in [0.25, 0.3) is 5.91 Å². The van der Waals surface area contributed by atoms with Gasteiger partial charge in [-0.15, -0.1) is 10.2 Å². The number of anilines is 3. The summed E-state index contributed by atoms with van der Waals surface area (Å²) in [4.78, 5) is 63.6. The van der Waals surface area contributed by atoms with Gasteiger partial charge in [0.1, 0.15) is 11.8 Å². The number of para-hydroxylation sites is 1. The molecule has 0 radical (unpaired) electrons. The Kier molecular flexibility index (Phi) is 8.09. The highest BCUT2D eigenvalue weighted by Crippen LogP contribution is 2.37. The van der Waals surface area contributed by atoms with Gasteiger partial charge in [-0.25, -0.2) is 4.79 Å². The molecule has 3 aromatic rings. The molecule has 0 aliphatic carbocycles. The summed E-state index contributed by atoms with van der Waals surface area (Å²) in [7, 11) is 0. The molecule has 0 bridgehead atoms. The topological polar surface area (TPSA) is 158 Å². The Balaban J connectivity index is 0.744. The predicted molar refractivity (Wildman–Crippen MR) is 192 cm³/mol. The summed E-state index contributed by atoms with van der Waals surface area (Å²) in [5.41, 5.74) is 4.78. The Morgan fingerprint density at radius 1 is 0.865 bits per heavy atom. The summed E-state index contributed by atoms with van der Waals surface area (Å²) in [6.07, 6.45) is 0.605. The van der Waals surface area contributed by atoms with Crippen molar-refractivity contribution in [1.29, 1.82) is 0 Å². The molecular weight excluding hydrogens is 664 g/mol. The standard InChI is InChI=1S/C37H42N10O5/c48-32-4-2-1-3-27(32)29-16-31-34(41-40-29)38-17-26-22-44(13-14-46(26)31)37(52)43-11-9-42(10-12-43)18-23-19-45(20-23)25-6-5-24-21-47(36(51)28(24)15-25)30-7-8-33(49)39-35(30)50/h1-6,15-16,23,26,30,48H,7-14,17-22H2,(H,38,41)(H,39,49,50). The predicted octanol–water partition coefficient (Wildman–Crippen LogP) is 1.40. The molecule has 2 atom stereocenters. The maximum Gasteiger partial charge on any atom is 0.320 e. The highest BCUT2D eigenvalue weighted by atomic mass is 16.3. The molecular formula is C37H42N10O5. The third-order valence-corrected chi connectivity index (χ3v) is 11.5. The summed E-state index contributed by atoms with van der Waals surface area (Å²) in [5, 5.41) is 24.9. The zero-order chi connectivity index (χ0) is 35.5. The van der Waals surface area contributed by atoms with Crippen molar-refractivity contribution in [3.8, 4) is 17.0 Å². The van der Waals surface area contributed by atoms with Gasteiger partial charge < -0.3 is 34.9 Å². The van der Waals surface area contributed by atoms with Gasteiger partial charge in [-0.3, -0.25) is 24.6 Å². The lowest BCUT2D eigenvalue weighted by molar-refractivity contribution is -0.136. The minimum atomic E-state index is -0.606. The molecule has 270 valence electrons. The number of imide groups is 1. The van der Waals surface area contributed by atoms with Crippen LogP contribution < -0.4 is 20.4 Å². The average molecular weight is 707 g/mol. The highest BCUT2D eigenvalue weighted by Gasteiger charge is 2.41. The zero-order valence-electron chi connectivity index (χ0n) is 28.9. The molecule has 0 spiro atoms. The number of nitrogens with zero attached hydrogens (tertiary/aromatic N) is 8. The Hall–Kier alpha value is -5.44. The van der Waals surface area contributed by atoms with Gasteiger partial charge in [-0.05, 0) is 42.3 Å². The number of urea groups is 1. The molecule has 1 aromatic heterocycles. The molecule has 4 saturated heterocycles. The van der Waals surface area contributed by atoms with E-state index in [9.17, 15) is 24.3 Å². The summed E-state index contributed by atoms with van der Waals surface area (Å²) in [6.45, 7) is 8.91. The Labute approximate surface area is 301 Å². The first-order valence-corrected chi connectivity index (χ1v) is 18.2. The van der Waals surface area contributed by atoms with Crippen LogP contribution in [-0.2, 0) is 16.1 Å². The molecule has 2 unspecified atom stereocenters. The number of phenolic OH excluding ortho intramolecular Hbond substituents is 1. The number of rotatable bonds is 5. The lowest BCUT2D eigenvalue weighted by atomic mass is 9.97. The largest absolute Gasteiger partial charge is 0.507 e. The van der Waals surface area contributed by atoms with Gasteiger partial charge in [-0.1, -0.05) is 18.2 Å². The number of nitrogens with one attached hydrogen (secondary N) is 2. The van der Waals surface area contributed by atoms with Gasteiger partial charge in [0, 0.05) is 108 Å². The average Bonchev–Trinajstić information content (AvgIpc) is 3.47. The van der Waals surface area contributed by atoms with Crippen molar-refractivity contribution < 1.29 is 24.3 Å². The molecule has 5 amide bonds. The minimum Gasteiger partial charge on any atom is -0.507 e. The lowest BCUT2D eigenvalue weighted by Crippen LogP contribution is -2.62. The second-order valence-electron chi connectivity index (χ2n) is 14.7. The second kappa shape index (κ2) is 13.0. The molecule has 6 aliphatic heterocycles. The van der Waals surface area contributed by atoms with Gasteiger partial charge in [-0.2, -0.15) is 0 Å². The van der Waals surface area contributed by atoms with E-state index < -0.39 is 11.9 Å². The van der Waals surface area contributed by atoms with Gasteiger partial charge in [0.15, 0.2) is 5.82 Å². The first-order valence-electron chi connectivity index (χ1n) is 18.2. The van der Waals surface area contributed by atoms with Crippen LogP contribution in [0.5, 0.6) is 5.75 Å². The van der Waals surface area contributed by atoms with Crippen molar-refractivity contribution in [3.63, 3.8) is 0 Å². The zero-order valence-corrected chi connectivity index (χ0v) is 28.9. The summed E-state index contributed by atoms with van der Waals surface area (Å²) in [5.74, 6) is 0.579. The Bertz CT molecular complexity index is 1940. The Morgan fingerprint density at radius 2 is 1.67 bits per heavy atom. The van der Waals surface area contributed by atoms with E-state index in [-0.39, 0.29) is 36.1 Å². The molecule has 0 saturated carbocycles. The molecule has 15 nitrogen and oxygen atoms in total. The van der Waals surface area contributed by atoms with Crippen molar-refractivity contribution >= 4 is 40.9 Å². The van der Waals surface area contributed by atoms with E-state index in [4.69, 9.17) is 0 Å². The van der Waals surface area contributed by atoms with Crippen LogP contribution in [0.15, 0.2) is 48.5 Å². The van der Waals surface area contributed by atoms with E-state index in [1.165, 1.54) is 0 Å². The normalized spacial score (nSPS) is 23.5. The van der Waals surface area contributed by atoms with E-state index in [2.05, 4.69) is 41.6 Å². The van der Waals surface area contributed by atoms with Crippen LogP contribution in [-0.4, -0.2) is 143 Å². The maximum absolute atomic E-state index is 13.7. The number of piperazine rings is 2. The molecule has 9 rings (SSSR count). The number of aromatic nitrogens is 2. The van der Waals surface area contributed by atoms with E-state index in [0.717, 1.165) is 55.5 Å². The van der Waals surface area contributed by atoms with Crippen molar-refractivity contribution in [2.45, 2.75) is 31.5 Å². The number of fused-ring (bicyclic) bond motifs is 4. The molecule has 4 fully saturated rings. The number of amides is 5. The third-order valence-electron chi connectivity index (χ3n) is 11.5. The maximum atomic E-state index is 13.7. The fourth-order valence-electron chi connectivity index (χ4n) is 8.61. The smallest absolute Gasteiger partial charge is 0.320 e. The number of carbonyl (C=O) groups is 4. The number of phenols is 1. The summed E-state index contributed by atoms with van der Waals surface area (Å²) in [6, 6.07) is 14.7.